The topological polar surface area (TPSA) is 110 Å². The summed E-state index contributed by atoms with van der Waals surface area (Å²) < 4.78 is 0. The second-order valence-electron chi connectivity index (χ2n) is 10.9. The molecule has 1 fully saturated rings. The summed E-state index contributed by atoms with van der Waals surface area (Å²) in [7, 11) is 3.41. The average molecular weight is 611 g/mol. The lowest BCUT2D eigenvalue weighted by molar-refractivity contribution is -0.141. The van der Waals surface area contributed by atoms with Crippen molar-refractivity contribution in [1.29, 1.82) is 0 Å². The van der Waals surface area contributed by atoms with Crippen molar-refractivity contribution in [2.45, 2.75) is 19.3 Å². The lowest BCUT2D eigenvalue weighted by Crippen LogP contribution is -2.31. The Morgan fingerprint density at radius 3 is 2.23 bits per heavy atom. The summed E-state index contributed by atoms with van der Waals surface area (Å²) in [6, 6.07) is 25.4. The van der Waals surface area contributed by atoms with Gasteiger partial charge in [0, 0.05) is 50.2 Å². The van der Waals surface area contributed by atoms with Crippen molar-refractivity contribution in [2.24, 2.45) is 5.92 Å². The summed E-state index contributed by atoms with van der Waals surface area (Å²) in [5, 5.41) is 14.6. The highest BCUT2D eigenvalue weighted by Gasteiger charge is 2.40. The van der Waals surface area contributed by atoms with E-state index in [9.17, 15) is 24.3 Å². The van der Waals surface area contributed by atoms with Crippen molar-refractivity contribution in [3.05, 3.63) is 112 Å². The molecule has 2 atom stereocenters. The average Bonchev–Trinajstić information content (AvgIpc) is 3.73. The highest BCUT2D eigenvalue weighted by Crippen LogP contribution is 2.35. The molecule has 2 unspecified atom stereocenters. The van der Waals surface area contributed by atoms with Crippen LogP contribution in [0.5, 0.6) is 0 Å². The van der Waals surface area contributed by atoms with Crippen molar-refractivity contribution >= 4 is 52.2 Å². The molecular weight excluding hydrogens is 576 g/mol. The van der Waals surface area contributed by atoms with Crippen LogP contribution in [0.3, 0.4) is 0 Å². The second-order valence-corrected chi connectivity index (χ2v) is 11.9. The van der Waals surface area contributed by atoms with Gasteiger partial charge in [-0.25, -0.2) is 4.79 Å². The van der Waals surface area contributed by atoms with Crippen molar-refractivity contribution in [2.75, 3.05) is 42.3 Å². The highest BCUT2D eigenvalue weighted by molar-refractivity contribution is 7.12. The van der Waals surface area contributed by atoms with E-state index < -0.39 is 11.9 Å². The number of benzene rings is 3. The molecular formula is C34H34N4O5S. The first-order chi connectivity index (χ1) is 21.1. The third kappa shape index (κ3) is 6.65. The van der Waals surface area contributed by atoms with Gasteiger partial charge >= 0.3 is 12.0 Å². The van der Waals surface area contributed by atoms with E-state index in [1.165, 1.54) is 11.3 Å². The minimum atomic E-state index is -0.934. The molecule has 5 rings (SSSR count). The largest absolute Gasteiger partial charge is 0.481 e. The zero-order valence-electron chi connectivity index (χ0n) is 24.8. The lowest BCUT2D eigenvalue weighted by Gasteiger charge is -2.21. The molecule has 1 saturated heterocycles. The van der Waals surface area contributed by atoms with Crippen molar-refractivity contribution in [3.8, 4) is 0 Å². The Kier molecular flexibility index (Phi) is 9.10. The van der Waals surface area contributed by atoms with Gasteiger partial charge in [0.05, 0.1) is 17.2 Å². The Balaban J connectivity index is 1.18. The molecule has 3 aromatic carbocycles. The van der Waals surface area contributed by atoms with E-state index in [1.807, 2.05) is 60.8 Å². The first kappa shape index (κ1) is 30.5. The van der Waals surface area contributed by atoms with Gasteiger partial charge in [0.2, 0.25) is 5.91 Å². The molecule has 0 radical (unpaired) electrons. The monoisotopic (exact) mass is 610 g/mol. The van der Waals surface area contributed by atoms with Crippen molar-refractivity contribution in [1.82, 2.24) is 4.90 Å². The Morgan fingerprint density at radius 1 is 0.886 bits per heavy atom. The molecule has 226 valence electrons. The van der Waals surface area contributed by atoms with E-state index in [0.717, 1.165) is 22.4 Å². The van der Waals surface area contributed by atoms with E-state index in [1.54, 1.807) is 65.2 Å². The van der Waals surface area contributed by atoms with Crippen molar-refractivity contribution < 1.29 is 24.3 Å². The molecule has 9 nitrogen and oxygen atoms in total. The van der Waals surface area contributed by atoms with E-state index in [2.05, 4.69) is 5.32 Å². The van der Waals surface area contributed by atoms with Gasteiger partial charge in [0.25, 0.3) is 5.91 Å². The number of nitrogens with zero attached hydrogens (tertiary/aromatic N) is 3. The van der Waals surface area contributed by atoms with Gasteiger partial charge in [-0.15, -0.1) is 11.3 Å². The van der Waals surface area contributed by atoms with Crippen LogP contribution in [0, 0.1) is 12.8 Å². The number of carboxylic acids is 1. The molecule has 4 aromatic rings. The van der Waals surface area contributed by atoms with Crippen LogP contribution in [-0.2, 0) is 16.0 Å². The Hall–Kier alpha value is -4.96. The van der Waals surface area contributed by atoms with Gasteiger partial charge in [-0.05, 0) is 65.4 Å². The number of hydrogen-bond donors (Lipinski definition) is 2. The molecule has 2 N–H and O–H groups in total. The standard InChI is InChI=1S/C34H34N4O5S/c1-22-7-4-5-8-29(22)37(3)34(43)35-25-14-10-23(11-15-25)19-31(39)36(2)26-16-12-24(13-17-26)27-20-38(21-28(27)33(41)42)32(40)30-9-6-18-44-30/h4-18,27-28H,19-21H2,1-3H3,(H,35,43)(H,41,42). The van der Waals surface area contributed by atoms with Crippen LogP contribution in [0.25, 0.3) is 0 Å². The van der Waals surface area contributed by atoms with Crippen LogP contribution < -0.4 is 15.1 Å². The smallest absolute Gasteiger partial charge is 0.326 e. The van der Waals surface area contributed by atoms with E-state index in [0.29, 0.717) is 22.8 Å². The van der Waals surface area contributed by atoms with Gasteiger partial charge in [-0.3, -0.25) is 19.3 Å². The number of carbonyl (C=O) groups is 4. The molecule has 0 spiro atoms. The molecule has 4 amide bonds. The van der Waals surface area contributed by atoms with E-state index in [-0.39, 0.29) is 36.7 Å². The van der Waals surface area contributed by atoms with Gasteiger partial charge in [-0.1, -0.05) is 48.5 Å². The lowest BCUT2D eigenvalue weighted by atomic mass is 9.89. The maximum atomic E-state index is 13.1. The number of amides is 4. The molecule has 0 saturated carbocycles. The summed E-state index contributed by atoms with van der Waals surface area (Å²) in [6.07, 6.45) is 0.166. The number of anilines is 3. The third-order valence-corrected chi connectivity index (χ3v) is 8.94. The Labute approximate surface area is 260 Å². The number of carboxylic acid groups (broad SMARTS) is 1. The normalized spacial score (nSPS) is 15.9. The summed E-state index contributed by atoms with van der Waals surface area (Å²) in [5.74, 6) is -2.26. The number of urea groups is 1. The highest BCUT2D eigenvalue weighted by atomic mass is 32.1. The number of hydrogen-bond acceptors (Lipinski definition) is 5. The molecule has 0 aliphatic carbocycles. The predicted molar refractivity (Wildman–Crippen MR) is 173 cm³/mol. The second kappa shape index (κ2) is 13.1. The molecule has 44 heavy (non-hydrogen) atoms. The van der Waals surface area contributed by atoms with Crippen LogP contribution in [0.2, 0.25) is 0 Å². The SMILES string of the molecule is Cc1ccccc1N(C)C(=O)Nc1ccc(CC(=O)N(C)c2ccc(C3CN(C(=O)c4cccs4)CC3C(=O)O)cc2)cc1. The van der Waals surface area contributed by atoms with Crippen LogP contribution in [0.1, 0.15) is 32.3 Å². The number of para-hydroxylation sites is 1. The number of likely N-dealkylation sites (tertiary alicyclic amines) is 1. The van der Waals surface area contributed by atoms with Gasteiger partial charge in [0.15, 0.2) is 0 Å². The summed E-state index contributed by atoms with van der Waals surface area (Å²) >= 11 is 1.34. The van der Waals surface area contributed by atoms with Crippen LogP contribution in [-0.4, -0.2) is 61.0 Å². The first-order valence-corrected chi connectivity index (χ1v) is 15.1. The Morgan fingerprint density at radius 2 is 1.59 bits per heavy atom. The molecule has 0 bridgehead atoms. The molecule has 1 aliphatic rings. The molecule has 10 heteroatoms. The van der Waals surface area contributed by atoms with Crippen LogP contribution in [0.4, 0.5) is 21.9 Å². The number of likely N-dealkylation sites (N-methyl/N-ethyl adjacent to an activating group) is 1. The quantitative estimate of drug-likeness (QED) is 0.259. The maximum absolute atomic E-state index is 13.1. The minimum absolute atomic E-state index is 0.120. The molecule has 2 heterocycles. The number of carbonyl (C=O) groups excluding carboxylic acids is 3. The van der Waals surface area contributed by atoms with Crippen LogP contribution >= 0.6 is 11.3 Å². The van der Waals surface area contributed by atoms with E-state index >= 15 is 0 Å². The van der Waals surface area contributed by atoms with Crippen LogP contribution in [0.15, 0.2) is 90.3 Å². The summed E-state index contributed by atoms with van der Waals surface area (Å²) in [4.78, 5) is 56.1. The minimum Gasteiger partial charge on any atom is -0.481 e. The Bertz CT molecular complexity index is 1650. The zero-order chi connectivity index (χ0) is 31.4. The number of aryl methyl sites for hydroxylation is 1. The van der Waals surface area contributed by atoms with E-state index in [4.69, 9.17) is 0 Å². The van der Waals surface area contributed by atoms with Gasteiger partial charge in [0.1, 0.15) is 0 Å². The maximum Gasteiger partial charge on any atom is 0.326 e. The third-order valence-electron chi connectivity index (χ3n) is 8.08. The summed E-state index contributed by atoms with van der Waals surface area (Å²) in [5.41, 5.74) is 4.73. The predicted octanol–water partition coefficient (Wildman–Crippen LogP) is 5.87. The molecule has 1 aliphatic heterocycles. The number of thiophene rings is 1. The fourth-order valence-corrected chi connectivity index (χ4v) is 6.15. The van der Waals surface area contributed by atoms with Gasteiger partial charge in [-0.2, -0.15) is 0 Å². The number of aliphatic carboxylic acids is 1. The number of nitrogens with one attached hydrogen (secondary N) is 1. The first-order valence-electron chi connectivity index (χ1n) is 14.2. The summed E-state index contributed by atoms with van der Waals surface area (Å²) in [6.45, 7) is 2.42. The fraction of sp³-hybridized carbons (Fsp3) is 0.235. The number of rotatable bonds is 8. The zero-order valence-corrected chi connectivity index (χ0v) is 25.6. The van der Waals surface area contributed by atoms with Crippen molar-refractivity contribution in [3.63, 3.8) is 0 Å². The molecule has 1 aromatic heterocycles. The fourth-order valence-electron chi connectivity index (χ4n) is 5.46. The van der Waals surface area contributed by atoms with Gasteiger partial charge < -0.3 is 20.2 Å².